The van der Waals surface area contributed by atoms with E-state index in [1.165, 1.54) is 47.9 Å². The maximum absolute atomic E-state index is 6.35. The van der Waals surface area contributed by atoms with Gasteiger partial charge in [-0.05, 0) is 92.7 Å². The Balaban J connectivity index is 1.37. The molecule has 2 bridgehead atoms. The first-order valence-electron chi connectivity index (χ1n) is 12.6. The number of ether oxygens (including phenoxy) is 1. The van der Waals surface area contributed by atoms with Gasteiger partial charge in [0.2, 0.25) is 5.95 Å². The van der Waals surface area contributed by atoms with Crippen molar-refractivity contribution in [2.45, 2.75) is 59.0 Å². The van der Waals surface area contributed by atoms with Gasteiger partial charge in [-0.1, -0.05) is 24.6 Å². The zero-order valence-electron chi connectivity index (χ0n) is 20.0. The molecule has 5 heteroatoms. The number of nitrogens with zero attached hydrogens (tertiary/aromatic N) is 3. The smallest absolute Gasteiger partial charge is 0.205 e. The average Bonchev–Trinajstić information content (AvgIpc) is 3.27. The number of hydrogen-bond donors (Lipinski definition) is 1. The minimum Gasteiger partial charge on any atom is -0.493 e. The Labute approximate surface area is 195 Å². The predicted molar refractivity (Wildman–Crippen MR) is 133 cm³/mol. The van der Waals surface area contributed by atoms with E-state index >= 15 is 0 Å². The van der Waals surface area contributed by atoms with Crippen LogP contribution in [0, 0.1) is 31.6 Å². The average molecular weight is 443 g/mol. The van der Waals surface area contributed by atoms with Gasteiger partial charge in [0, 0.05) is 18.5 Å². The molecule has 2 atom stereocenters. The van der Waals surface area contributed by atoms with Crippen molar-refractivity contribution in [1.82, 2.24) is 9.55 Å². The van der Waals surface area contributed by atoms with Crippen molar-refractivity contribution in [3.63, 3.8) is 0 Å². The molecule has 33 heavy (non-hydrogen) atoms. The molecular formula is C28H34N4O. The number of benzene rings is 2. The van der Waals surface area contributed by atoms with Crippen LogP contribution in [0.1, 0.15) is 55.3 Å². The second-order valence-electron chi connectivity index (χ2n) is 10.4. The summed E-state index contributed by atoms with van der Waals surface area (Å²) in [6.45, 7) is 9.18. The van der Waals surface area contributed by atoms with E-state index in [2.05, 4.69) is 67.1 Å². The topological polar surface area (TPSA) is 51.4 Å². The Morgan fingerprint density at radius 3 is 2.88 bits per heavy atom. The van der Waals surface area contributed by atoms with E-state index in [1.54, 1.807) is 0 Å². The summed E-state index contributed by atoms with van der Waals surface area (Å²) in [5, 5.41) is 4.49. The largest absolute Gasteiger partial charge is 0.493 e. The van der Waals surface area contributed by atoms with E-state index in [0.717, 1.165) is 60.0 Å². The Morgan fingerprint density at radius 2 is 2.06 bits per heavy atom. The summed E-state index contributed by atoms with van der Waals surface area (Å²) in [4.78, 5) is 10.1. The van der Waals surface area contributed by atoms with Gasteiger partial charge in [0.15, 0.2) is 5.49 Å². The molecule has 0 radical (unpaired) electrons. The van der Waals surface area contributed by atoms with Gasteiger partial charge in [0.05, 0.1) is 18.2 Å². The van der Waals surface area contributed by atoms with Gasteiger partial charge in [0.1, 0.15) is 5.75 Å². The van der Waals surface area contributed by atoms with Crippen LogP contribution >= 0.6 is 0 Å². The summed E-state index contributed by atoms with van der Waals surface area (Å²) in [6.07, 6.45) is 5.56. The Morgan fingerprint density at radius 1 is 1.18 bits per heavy atom. The standard InChI is InChI=1S/C28H34N4O/c1-17-5-4-6-24(18(17)2)19(3)30-27-25-15-23(33-16-21-8-7-20-13-22(21)14-20)9-10-26(25)32-12-11-29-28(32)31-27/h4-6,9-10,15,19-22H,7-8,11-14,16H2,1-3H3,(H,29,30,31). The highest BCUT2D eigenvalue weighted by molar-refractivity contribution is 5.81. The minimum atomic E-state index is 0.0310. The van der Waals surface area contributed by atoms with Gasteiger partial charge >= 0.3 is 0 Å². The third kappa shape index (κ3) is 3.71. The fourth-order valence-corrected chi connectivity index (χ4v) is 6.09. The lowest BCUT2D eigenvalue weighted by Gasteiger charge is -2.46. The van der Waals surface area contributed by atoms with Crippen LogP contribution in [-0.2, 0) is 6.54 Å². The fourth-order valence-electron chi connectivity index (χ4n) is 6.09. The maximum atomic E-state index is 6.35. The zero-order valence-corrected chi connectivity index (χ0v) is 20.0. The summed E-state index contributed by atoms with van der Waals surface area (Å²) in [7, 11) is 0. The van der Waals surface area contributed by atoms with Crippen LogP contribution < -0.4 is 15.5 Å². The molecule has 0 spiro atoms. The third-order valence-corrected chi connectivity index (χ3v) is 8.35. The molecular weight excluding hydrogens is 408 g/mol. The van der Waals surface area contributed by atoms with Crippen LogP contribution in [0.25, 0.3) is 10.9 Å². The molecule has 1 aromatic heterocycles. The summed E-state index contributed by atoms with van der Waals surface area (Å²) < 4.78 is 8.61. The molecule has 1 aliphatic heterocycles. The first-order valence-corrected chi connectivity index (χ1v) is 12.6. The minimum absolute atomic E-state index is 0.0310. The number of aromatic nitrogens is 2. The summed E-state index contributed by atoms with van der Waals surface area (Å²) in [6, 6.07) is 13.0. The Bertz CT molecular complexity index is 1270. The monoisotopic (exact) mass is 442 g/mol. The first kappa shape index (κ1) is 20.8. The molecule has 2 aromatic carbocycles. The molecule has 172 valence electrons. The normalized spacial score (nSPS) is 24.8. The number of rotatable bonds is 5. The van der Waals surface area contributed by atoms with Crippen molar-refractivity contribution < 1.29 is 4.74 Å². The fraction of sp³-hybridized carbons (Fsp3) is 0.500. The second-order valence-corrected chi connectivity index (χ2v) is 10.4. The van der Waals surface area contributed by atoms with Crippen LogP contribution in [0.2, 0.25) is 0 Å². The molecule has 0 amide bonds. The van der Waals surface area contributed by atoms with E-state index in [4.69, 9.17) is 14.7 Å². The number of hydrogen-bond acceptors (Lipinski definition) is 4. The Kier molecular flexibility index (Phi) is 5.16. The molecule has 3 saturated carbocycles. The lowest BCUT2D eigenvalue weighted by molar-refractivity contribution is 0.0231. The molecule has 2 heterocycles. The Hall–Kier alpha value is -2.82. The van der Waals surface area contributed by atoms with Gasteiger partial charge in [-0.25, -0.2) is 0 Å². The van der Waals surface area contributed by atoms with Crippen molar-refractivity contribution in [3.8, 4) is 5.75 Å². The number of fused-ring (bicyclic) bond motifs is 5. The molecule has 5 nitrogen and oxygen atoms in total. The van der Waals surface area contributed by atoms with Gasteiger partial charge in [-0.3, -0.25) is 4.99 Å². The summed E-state index contributed by atoms with van der Waals surface area (Å²) in [5.41, 5.74) is 5.83. The molecule has 1 N–H and O–H groups in total. The van der Waals surface area contributed by atoms with E-state index in [9.17, 15) is 0 Å². The van der Waals surface area contributed by atoms with Gasteiger partial charge < -0.3 is 14.6 Å². The van der Waals surface area contributed by atoms with E-state index in [-0.39, 0.29) is 6.04 Å². The molecule has 3 aromatic rings. The quantitative estimate of drug-likeness (QED) is 0.563. The number of nitrogens with one attached hydrogen (secondary N) is 1. The predicted octanol–water partition coefficient (Wildman–Crippen LogP) is 5.56. The number of aryl methyl sites for hydroxylation is 1. The lowest BCUT2D eigenvalue weighted by atomic mass is 9.60. The summed E-state index contributed by atoms with van der Waals surface area (Å²) in [5.74, 6) is 4.46. The van der Waals surface area contributed by atoms with Crippen LogP contribution in [0.15, 0.2) is 41.4 Å². The first-order chi connectivity index (χ1) is 16.1. The molecule has 3 aliphatic carbocycles. The molecule has 7 rings (SSSR count). The molecule has 3 fully saturated rings. The van der Waals surface area contributed by atoms with Crippen molar-refractivity contribution >= 4 is 16.9 Å². The zero-order chi connectivity index (χ0) is 22.5. The molecule has 0 saturated heterocycles. The number of anilines is 1. The molecule has 2 unspecified atom stereocenters. The van der Waals surface area contributed by atoms with Crippen molar-refractivity contribution in [1.29, 1.82) is 0 Å². The van der Waals surface area contributed by atoms with Crippen LogP contribution in [0.4, 0.5) is 5.95 Å². The van der Waals surface area contributed by atoms with Crippen LogP contribution in [0.5, 0.6) is 5.75 Å². The highest BCUT2D eigenvalue weighted by Gasteiger charge is 2.40. The van der Waals surface area contributed by atoms with E-state index < -0.39 is 0 Å². The SMILES string of the molecule is Cc1cccc(C(C)N=c2nc3n(c4ccc(OCC5CCC6CC5C6)cc24)CCN3)c1C. The van der Waals surface area contributed by atoms with Gasteiger partial charge in [-0.2, -0.15) is 4.98 Å². The van der Waals surface area contributed by atoms with Gasteiger partial charge in [0.25, 0.3) is 0 Å². The van der Waals surface area contributed by atoms with Crippen molar-refractivity contribution in [2.24, 2.45) is 22.7 Å². The van der Waals surface area contributed by atoms with Crippen molar-refractivity contribution in [2.75, 3.05) is 18.5 Å². The van der Waals surface area contributed by atoms with Crippen LogP contribution in [0.3, 0.4) is 0 Å². The van der Waals surface area contributed by atoms with E-state index in [0.29, 0.717) is 0 Å². The third-order valence-electron chi connectivity index (χ3n) is 8.35. The molecule has 4 aliphatic rings. The lowest BCUT2D eigenvalue weighted by Crippen LogP contribution is -2.38. The van der Waals surface area contributed by atoms with Crippen LogP contribution in [-0.4, -0.2) is 22.7 Å². The van der Waals surface area contributed by atoms with E-state index in [1.807, 2.05) is 0 Å². The maximum Gasteiger partial charge on any atom is 0.205 e. The van der Waals surface area contributed by atoms with Crippen molar-refractivity contribution in [3.05, 3.63) is 58.6 Å². The highest BCUT2D eigenvalue weighted by Crippen LogP contribution is 2.48. The second kappa shape index (κ2) is 8.19. The summed E-state index contributed by atoms with van der Waals surface area (Å²) >= 11 is 0. The highest BCUT2D eigenvalue weighted by atomic mass is 16.5. The van der Waals surface area contributed by atoms with Gasteiger partial charge in [-0.15, -0.1) is 0 Å².